The standard InChI is InChI=1S/C42H24N4O/c43-25-26-11-8-16-32-33-17-9-18-34(42(33)47-41(26)32)35-19-10-22-38(44-35)46-37-21-7-5-15-29(37)31-24-23-30-28-14-4-6-20-36(28)45(39(30)40(31)46)27-12-2-1-3-13-27/h1-24H. The Hall–Kier alpha value is -6.64. The van der Waals surface area contributed by atoms with E-state index in [4.69, 9.17) is 9.40 Å². The van der Waals surface area contributed by atoms with Gasteiger partial charge in [0, 0.05) is 43.6 Å². The van der Waals surface area contributed by atoms with Crippen LogP contribution in [0, 0.1) is 11.3 Å². The first-order valence-corrected chi connectivity index (χ1v) is 15.6. The van der Waals surface area contributed by atoms with E-state index in [1.54, 1.807) is 6.07 Å². The zero-order valence-electron chi connectivity index (χ0n) is 25.1. The predicted octanol–water partition coefficient (Wildman–Crippen LogP) is 10.7. The normalized spacial score (nSPS) is 11.8. The molecule has 0 saturated carbocycles. The van der Waals surface area contributed by atoms with Crippen molar-refractivity contribution < 1.29 is 4.42 Å². The average Bonchev–Trinajstić information content (AvgIpc) is 3.80. The third kappa shape index (κ3) is 3.55. The lowest BCUT2D eigenvalue weighted by Crippen LogP contribution is -2.01. The summed E-state index contributed by atoms with van der Waals surface area (Å²) in [6.07, 6.45) is 0. The van der Waals surface area contributed by atoms with Crippen molar-refractivity contribution in [2.45, 2.75) is 0 Å². The fraction of sp³-hybridized carbons (Fsp3) is 0. The first kappa shape index (κ1) is 25.7. The lowest BCUT2D eigenvalue weighted by atomic mass is 10.1. The minimum Gasteiger partial charge on any atom is -0.454 e. The number of hydrogen-bond acceptors (Lipinski definition) is 3. The summed E-state index contributed by atoms with van der Waals surface area (Å²) in [6.45, 7) is 0. The van der Waals surface area contributed by atoms with Gasteiger partial charge in [-0.1, -0.05) is 97.1 Å². The van der Waals surface area contributed by atoms with Gasteiger partial charge in [-0.15, -0.1) is 0 Å². The molecule has 5 nitrogen and oxygen atoms in total. The maximum Gasteiger partial charge on any atom is 0.153 e. The van der Waals surface area contributed by atoms with Crippen LogP contribution in [0.1, 0.15) is 5.56 Å². The molecule has 0 aliphatic rings. The van der Waals surface area contributed by atoms with Gasteiger partial charge in [-0.05, 0) is 48.5 Å². The summed E-state index contributed by atoms with van der Waals surface area (Å²) in [6, 6.07) is 52.6. The summed E-state index contributed by atoms with van der Waals surface area (Å²) in [5, 5.41) is 16.4. The lowest BCUT2D eigenvalue weighted by molar-refractivity contribution is 0.668. The van der Waals surface area contributed by atoms with Crippen molar-refractivity contribution in [2.24, 2.45) is 0 Å². The van der Waals surface area contributed by atoms with Gasteiger partial charge in [-0.2, -0.15) is 5.26 Å². The van der Waals surface area contributed by atoms with Crippen LogP contribution in [0.25, 0.3) is 88.3 Å². The number of fused-ring (bicyclic) bond motifs is 10. The van der Waals surface area contributed by atoms with Crippen molar-refractivity contribution in [1.82, 2.24) is 14.1 Å². The summed E-state index contributed by atoms with van der Waals surface area (Å²) in [5.74, 6) is 0.817. The van der Waals surface area contributed by atoms with Crippen molar-refractivity contribution in [3.63, 3.8) is 0 Å². The number of rotatable bonds is 3. The molecule has 0 amide bonds. The zero-order chi connectivity index (χ0) is 31.1. The highest BCUT2D eigenvalue weighted by Gasteiger charge is 2.22. The second kappa shape index (κ2) is 9.68. The monoisotopic (exact) mass is 600 g/mol. The molecule has 47 heavy (non-hydrogen) atoms. The molecular weight excluding hydrogens is 576 g/mol. The van der Waals surface area contributed by atoms with Crippen LogP contribution in [0.5, 0.6) is 0 Å². The van der Waals surface area contributed by atoms with Crippen LogP contribution in [0.15, 0.2) is 150 Å². The van der Waals surface area contributed by atoms with E-state index in [9.17, 15) is 5.26 Å². The number of hydrogen-bond donors (Lipinski definition) is 0. The van der Waals surface area contributed by atoms with E-state index in [0.29, 0.717) is 11.1 Å². The largest absolute Gasteiger partial charge is 0.454 e. The molecule has 0 bridgehead atoms. The number of pyridine rings is 1. The third-order valence-corrected chi connectivity index (χ3v) is 9.37. The molecule has 6 aromatic carbocycles. The maximum atomic E-state index is 9.75. The van der Waals surface area contributed by atoms with Crippen molar-refractivity contribution in [1.29, 1.82) is 5.26 Å². The van der Waals surface area contributed by atoms with Gasteiger partial charge in [0.05, 0.1) is 33.3 Å². The first-order chi connectivity index (χ1) is 23.3. The highest BCUT2D eigenvalue weighted by atomic mass is 16.3. The number of aromatic nitrogens is 3. The van der Waals surface area contributed by atoms with Crippen LogP contribution < -0.4 is 0 Å². The van der Waals surface area contributed by atoms with E-state index in [0.717, 1.165) is 61.2 Å². The highest BCUT2D eigenvalue weighted by Crippen LogP contribution is 2.42. The van der Waals surface area contributed by atoms with Gasteiger partial charge in [0.1, 0.15) is 17.5 Å². The van der Waals surface area contributed by atoms with E-state index < -0.39 is 0 Å². The van der Waals surface area contributed by atoms with Crippen LogP contribution in [0.3, 0.4) is 0 Å². The summed E-state index contributed by atoms with van der Waals surface area (Å²) in [4.78, 5) is 5.34. The van der Waals surface area contributed by atoms with Crippen molar-refractivity contribution >= 4 is 65.6 Å². The molecule has 0 saturated heterocycles. The number of nitrogens with zero attached hydrogens (tertiary/aromatic N) is 4. The van der Waals surface area contributed by atoms with Crippen LogP contribution in [-0.4, -0.2) is 14.1 Å². The second-order valence-electron chi connectivity index (χ2n) is 11.9. The van der Waals surface area contributed by atoms with Crippen LogP contribution in [0.2, 0.25) is 0 Å². The summed E-state index contributed by atoms with van der Waals surface area (Å²) in [7, 11) is 0. The topological polar surface area (TPSA) is 59.7 Å². The molecule has 0 aliphatic heterocycles. The first-order valence-electron chi connectivity index (χ1n) is 15.6. The molecule has 0 unspecified atom stereocenters. The van der Waals surface area contributed by atoms with E-state index in [2.05, 4.69) is 118 Å². The lowest BCUT2D eigenvalue weighted by Gasteiger charge is -2.13. The van der Waals surface area contributed by atoms with E-state index in [-0.39, 0.29) is 0 Å². The molecule has 10 aromatic rings. The Morgan fingerprint density at radius 1 is 0.489 bits per heavy atom. The molecule has 4 heterocycles. The molecule has 4 aromatic heterocycles. The molecule has 0 aliphatic carbocycles. The molecule has 218 valence electrons. The van der Waals surface area contributed by atoms with E-state index >= 15 is 0 Å². The van der Waals surface area contributed by atoms with E-state index in [1.807, 2.05) is 36.4 Å². The Morgan fingerprint density at radius 2 is 1.09 bits per heavy atom. The van der Waals surface area contributed by atoms with Crippen LogP contribution in [0.4, 0.5) is 0 Å². The van der Waals surface area contributed by atoms with Crippen molar-refractivity contribution in [2.75, 3.05) is 0 Å². The maximum absolute atomic E-state index is 9.75. The molecular formula is C42H24N4O. The average molecular weight is 601 g/mol. The Bertz CT molecular complexity index is 2920. The SMILES string of the molecule is N#Cc1cccc2c1oc1c(-c3cccc(-n4c5ccccc5c5ccc6c7ccccc7n(-c7ccccc7)c6c54)n3)cccc12. The molecule has 0 spiro atoms. The second-order valence-corrected chi connectivity index (χ2v) is 11.9. The quantitative estimate of drug-likeness (QED) is 0.203. The minimum absolute atomic E-state index is 0.523. The van der Waals surface area contributed by atoms with Crippen LogP contribution >= 0.6 is 0 Å². The molecule has 0 radical (unpaired) electrons. The summed E-state index contributed by atoms with van der Waals surface area (Å²) >= 11 is 0. The molecule has 10 rings (SSSR count). The van der Waals surface area contributed by atoms with Gasteiger partial charge in [0.15, 0.2) is 5.58 Å². The van der Waals surface area contributed by atoms with Gasteiger partial charge >= 0.3 is 0 Å². The number of nitriles is 1. The molecule has 0 N–H and O–H groups in total. The molecule has 0 atom stereocenters. The number of para-hydroxylation sites is 5. The van der Waals surface area contributed by atoms with Gasteiger partial charge in [-0.3, -0.25) is 4.57 Å². The third-order valence-electron chi connectivity index (χ3n) is 9.37. The number of benzene rings is 6. The predicted molar refractivity (Wildman–Crippen MR) is 190 cm³/mol. The summed E-state index contributed by atoms with van der Waals surface area (Å²) in [5.41, 5.74) is 9.14. The number of furan rings is 1. The van der Waals surface area contributed by atoms with Gasteiger partial charge in [0.2, 0.25) is 0 Å². The fourth-order valence-electron chi connectivity index (χ4n) is 7.39. The van der Waals surface area contributed by atoms with Crippen LogP contribution in [-0.2, 0) is 0 Å². The van der Waals surface area contributed by atoms with Crippen molar-refractivity contribution in [3.8, 4) is 28.8 Å². The Kier molecular flexibility index (Phi) is 5.28. The van der Waals surface area contributed by atoms with Gasteiger partial charge in [0.25, 0.3) is 0 Å². The smallest absolute Gasteiger partial charge is 0.153 e. The van der Waals surface area contributed by atoms with Crippen molar-refractivity contribution in [3.05, 3.63) is 151 Å². The Morgan fingerprint density at radius 3 is 1.83 bits per heavy atom. The Balaban J connectivity index is 1.31. The fourth-order valence-corrected chi connectivity index (χ4v) is 7.39. The van der Waals surface area contributed by atoms with Gasteiger partial charge in [-0.25, -0.2) is 4.98 Å². The minimum atomic E-state index is 0.523. The Labute approximate surface area is 268 Å². The van der Waals surface area contributed by atoms with Gasteiger partial charge < -0.3 is 8.98 Å². The highest BCUT2D eigenvalue weighted by molar-refractivity contribution is 6.23. The zero-order valence-corrected chi connectivity index (χ0v) is 25.1. The molecule has 5 heteroatoms. The summed E-state index contributed by atoms with van der Waals surface area (Å²) < 4.78 is 11.1. The molecule has 0 fully saturated rings. The van der Waals surface area contributed by atoms with E-state index in [1.165, 1.54) is 21.5 Å².